The molecule has 0 unspecified atom stereocenters. The molecule has 0 aliphatic carbocycles. The van der Waals surface area contributed by atoms with Gasteiger partial charge in [-0.05, 0) is 54.6 Å². The van der Waals surface area contributed by atoms with Crippen molar-refractivity contribution in [2.24, 2.45) is 5.10 Å². The molecule has 0 spiro atoms. The number of benzene rings is 3. The minimum absolute atomic E-state index is 0.253. The fourth-order valence-corrected chi connectivity index (χ4v) is 3.90. The highest BCUT2D eigenvalue weighted by atomic mass is 35.5. The summed E-state index contributed by atoms with van der Waals surface area (Å²) in [5.74, 6) is 1.18. The van der Waals surface area contributed by atoms with E-state index in [0.717, 1.165) is 5.39 Å². The van der Waals surface area contributed by atoms with Crippen LogP contribution in [0.1, 0.15) is 5.56 Å². The Morgan fingerprint density at radius 2 is 1.85 bits per heavy atom. The number of furan rings is 1. The second-order valence-corrected chi connectivity index (χ2v) is 8.26. The van der Waals surface area contributed by atoms with Gasteiger partial charge < -0.3 is 9.15 Å². The highest BCUT2D eigenvalue weighted by Gasteiger charge is 2.17. The lowest BCUT2D eigenvalue weighted by molar-refractivity contribution is 0.362. The molecule has 5 rings (SSSR count). The summed E-state index contributed by atoms with van der Waals surface area (Å²) < 4.78 is 12.9. The molecule has 0 atom stereocenters. The number of ether oxygens (including phenoxy) is 1. The van der Waals surface area contributed by atoms with Gasteiger partial charge in [0.25, 0.3) is 5.56 Å². The van der Waals surface area contributed by atoms with E-state index in [4.69, 9.17) is 32.4 Å². The summed E-state index contributed by atoms with van der Waals surface area (Å²) in [6.45, 7) is 3.98. The van der Waals surface area contributed by atoms with Gasteiger partial charge in [-0.2, -0.15) is 9.78 Å². The van der Waals surface area contributed by atoms with Gasteiger partial charge >= 0.3 is 0 Å². The van der Waals surface area contributed by atoms with Crippen LogP contribution in [0.4, 0.5) is 0 Å². The Balaban J connectivity index is 1.70. The van der Waals surface area contributed by atoms with E-state index in [2.05, 4.69) is 16.7 Å². The Hall–Kier alpha value is -3.87. The van der Waals surface area contributed by atoms with Gasteiger partial charge in [-0.15, -0.1) is 0 Å². The molecule has 34 heavy (non-hydrogen) atoms. The second-order valence-electron chi connectivity index (χ2n) is 7.39. The molecule has 0 amide bonds. The number of aromatic nitrogens is 2. The van der Waals surface area contributed by atoms with Crippen molar-refractivity contribution in [2.45, 2.75) is 0 Å². The normalized spacial score (nSPS) is 11.5. The molecular weight excluding hydrogens is 473 g/mol. The highest BCUT2D eigenvalue weighted by molar-refractivity contribution is 6.31. The molecule has 168 valence electrons. The summed E-state index contributed by atoms with van der Waals surface area (Å²) in [6.07, 6.45) is 3.14. The minimum atomic E-state index is -0.342. The molecule has 8 heteroatoms. The van der Waals surface area contributed by atoms with E-state index >= 15 is 0 Å². The molecule has 5 aromatic rings. The molecule has 2 heterocycles. The van der Waals surface area contributed by atoms with Crippen LogP contribution < -0.4 is 10.3 Å². The zero-order valence-electron chi connectivity index (χ0n) is 17.7. The maximum Gasteiger partial charge on any atom is 0.282 e. The Bertz CT molecular complexity index is 1640. The molecule has 2 aromatic heterocycles. The Morgan fingerprint density at radius 3 is 2.71 bits per heavy atom. The van der Waals surface area contributed by atoms with Crippen molar-refractivity contribution in [3.63, 3.8) is 0 Å². The van der Waals surface area contributed by atoms with Gasteiger partial charge in [-0.25, -0.2) is 4.98 Å². The van der Waals surface area contributed by atoms with Crippen LogP contribution in [0.3, 0.4) is 0 Å². The van der Waals surface area contributed by atoms with Gasteiger partial charge in [-0.1, -0.05) is 48.0 Å². The summed E-state index contributed by atoms with van der Waals surface area (Å²) in [5, 5.41) is 6.76. The van der Waals surface area contributed by atoms with E-state index in [0.29, 0.717) is 50.2 Å². The van der Waals surface area contributed by atoms with E-state index in [-0.39, 0.29) is 11.4 Å². The number of nitrogens with zero attached hydrogens (tertiary/aromatic N) is 3. The van der Waals surface area contributed by atoms with Crippen LogP contribution in [0.5, 0.6) is 5.75 Å². The number of rotatable bonds is 6. The monoisotopic (exact) mass is 489 g/mol. The maximum atomic E-state index is 13.4. The topological polar surface area (TPSA) is 69.6 Å². The second kappa shape index (κ2) is 9.17. The Labute approximate surface area is 204 Å². The molecule has 0 N–H and O–H groups in total. The number of hydrogen-bond donors (Lipinski definition) is 0. The van der Waals surface area contributed by atoms with Gasteiger partial charge in [-0.3, -0.25) is 4.79 Å². The van der Waals surface area contributed by atoms with Crippen LogP contribution in [-0.4, -0.2) is 22.5 Å². The summed E-state index contributed by atoms with van der Waals surface area (Å²) in [6, 6.07) is 19.3. The standard InChI is InChI=1S/C26H17Cl2N3O3/c1-2-11-33-22-9-7-19(28)13-17(22)15-29-31-25(30-21-6-4-3-5-20(21)26(31)32)24-14-16-12-18(27)8-10-23(16)34-24/h2-10,12-15H,1,11H2. The van der Waals surface area contributed by atoms with E-state index in [1.54, 1.807) is 66.7 Å². The van der Waals surface area contributed by atoms with Crippen LogP contribution in [0.25, 0.3) is 33.5 Å². The van der Waals surface area contributed by atoms with Crippen molar-refractivity contribution in [1.82, 2.24) is 9.66 Å². The fourth-order valence-electron chi connectivity index (χ4n) is 3.54. The number of para-hydroxylation sites is 1. The molecule has 0 saturated heterocycles. The van der Waals surface area contributed by atoms with Crippen molar-refractivity contribution >= 4 is 51.3 Å². The Kier molecular flexibility index (Phi) is 5.92. The third kappa shape index (κ3) is 4.21. The van der Waals surface area contributed by atoms with Gasteiger partial charge in [0.05, 0.1) is 17.1 Å². The van der Waals surface area contributed by atoms with E-state index < -0.39 is 0 Å². The summed E-state index contributed by atoms with van der Waals surface area (Å²) in [7, 11) is 0. The van der Waals surface area contributed by atoms with Crippen molar-refractivity contribution in [3.05, 3.63) is 105 Å². The molecular formula is C26H17Cl2N3O3. The largest absolute Gasteiger partial charge is 0.489 e. The molecule has 0 radical (unpaired) electrons. The fraction of sp³-hybridized carbons (Fsp3) is 0.0385. The summed E-state index contributed by atoms with van der Waals surface area (Å²) in [5.41, 5.74) is 1.40. The van der Waals surface area contributed by atoms with Gasteiger partial charge in [0, 0.05) is 21.0 Å². The molecule has 0 bridgehead atoms. The van der Waals surface area contributed by atoms with Crippen LogP contribution in [0.2, 0.25) is 10.0 Å². The van der Waals surface area contributed by atoms with Crippen LogP contribution in [-0.2, 0) is 0 Å². The van der Waals surface area contributed by atoms with E-state index in [9.17, 15) is 4.79 Å². The first-order chi connectivity index (χ1) is 16.5. The van der Waals surface area contributed by atoms with Crippen LogP contribution >= 0.6 is 23.2 Å². The van der Waals surface area contributed by atoms with E-state index in [1.807, 2.05) is 6.07 Å². The van der Waals surface area contributed by atoms with Crippen molar-refractivity contribution in [1.29, 1.82) is 0 Å². The summed E-state index contributed by atoms with van der Waals surface area (Å²) in [4.78, 5) is 18.1. The number of halogens is 2. The van der Waals surface area contributed by atoms with Gasteiger partial charge in [0.2, 0.25) is 5.82 Å². The number of hydrogen-bond acceptors (Lipinski definition) is 5. The molecule has 0 aliphatic rings. The quantitative estimate of drug-likeness (QED) is 0.200. The average Bonchev–Trinajstić information content (AvgIpc) is 3.26. The molecule has 0 saturated carbocycles. The van der Waals surface area contributed by atoms with E-state index in [1.165, 1.54) is 10.9 Å². The van der Waals surface area contributed by atoms with Gasteiger partial charge in [0.1, 0.15) is 17.9 Å². The lowest BCUT2D eigenvalue weighted by atomic mass is 10.2. The van der Waals surface area contributed by atoms with Crippen molar-refractivity contribution < 1.29 is 9.15 Å². The summed E-state index contributed by atoms with van der Waals surface area (Å²) >= 11 is 12.3. The highest BCUT2D eigenvalue weighted by Crippen LogP contribution is 2.29. The van der Waals surface area contributed by atoms with Crippen molar-refractivity contribution in [2.75, 3.05) is 6.61 Å². The molecule has 6 nitrogen and oxygen atoms in total. The first-order valence-electron chi connectivity index (χ1n) is 10.3. The lowest BCUT2D eigenvalue weighted by Crippen LogP contribution is -2.20. The maximum absolute atomic E-state index is 13.4. The predicted octanol–water partition coefficient (Wildman–Crippen LogP) is 6.56. The zero-order chi connectivity index (χ0) is 23.7. The first-order valence-corrected chi connectivity index (χ1v) is 11.1. The molecule has 0 fully saturated rings. The molecule has 0 aliphatic heterocycles. The number of fused-ring (bicyclic) bond motifs is 2. The van der Waals surface area contributed by atoms with Crippen LogP contribution in [0, 0.1) is 0 Å². The van der Waals surface area contributed by atoms with Crippen molar-refractivity contribution in [3.8, 4) is 17.3 Å². The molecule has 3 aromatic carbocycles. The third-order valence-corrected chi connectivity index (χ3v) is 5.56. The van der Waals surface area contributed by atoms with Gasteiger partial charge in [0.15, 0.2) is 5.76 Å². The Morgan fingerprint density at radius 1 is 1.06 bits per heavy atom. The zero-order valence-corrected chi connectivity index (χ0v) is 19.3. The smallest absolute Gasteiger partial charge is 0.282 e. The third-order valence-electron chi connectivity index (χ3n) is 5.09. The first kappa shape index (κ1) is 21.9. The predicted molar refractivity (Wildman–Crippen MR) is 136 cm³/mol. The lowest BCUT2D eigenvalue weighted by Gasteiger charge is -2.09. The minimum Gasteiger partial charge on any atom is -0.489 e. The van der Waals surface area contributed by atoms with Crippen LogP contribution in [0.15, 0.2) is 93.7 Å². The average molecular weight is 490 g/mol. The SMILES string of the molecule is C=CCOc1ccc(Cl)cc1C=Nn1c(-c2cc3cc(Cl)ccc3o2)nc2ccccc2c1=O.